The van der Waals surface area contributed by atoms with Crippen LogP contribution in [0.5, 0.6) is 5.75 Å². The second-order valence-corrected chi connectivity index (χ2v) is 3.51. The van der Waals surface area contributed by atoms with Gasteiger partial charge in [0, 0.05) is 0 Å². The van der Waals surface area contributed by atoms with E-state index in [9.17, 15) is 31.1 Å². The molecule has 0 aromatic heterocycles. The lowest BCUT2D eigenvalue weighted by molar-refractivity contribution is -0.274. The van der Waals surface area contributed by atoms with Crippen LogP contribution in [-0.2, 0) is 10.9 Å². The molecule has 20 heavy (non-hydrogen) atoms. The lowest BCUT2D eigenvalue weighted by Gasteiger charge is -2.13. The second kappa shape index (κ2) is 5.59. The molecule has 0 saturated carbocycles. The number of hydrogen-bond acceptors (Lipinski definition) is 3. The van der Waals surface area contributed by atoms with Crippen LogP contribution in [0.4, 0.5) is 26.3 Å². The Morgan fingerprint density at radius 3 is 2.15 bits per heavy atom. The maximum absolute atomic E-state index is 12.5. The fourth-order valence-electron chi connectivity index (χ4n) is 1.29. The maximum Gasteiger partial charge on any atom is 0.573 e. The third kappa shape index (κ3) is 4.63. The van der Waals surface area contributed by atoms with E-state index in [4.69, 9.17) is 0 Å². The van der Waals surface area contributed by atoms with E-state index in [-0.39, 0.29) is 12.7 Å². The number of carbonyl (C=O) groups excluding carboxylic acids is 1. The smallest absolute Gasteiger partial charge is 0.462 e. The van der Waals surface area contributed by atoms with E-state index in [2.05, 4.69) is 9.47 Å². The number of alkyl halides is 6. The first kappa shape index (κ1) is 16.1. The number of ether oxygens (including phenoxy) is 2. The van der Waals surface area contributed by atoms with E-state index in [1.54, 1.807) is 0 Å². The maximum atomic E-state index is 12.5. The Kier molecular flexibility index (Phi) is 4.51. The molecule has 112 valence electrons. The highest BCUT2D eigenvalue weighted by Gasteiger charge is 2.35. The number of carbonyl (C=O) groups is 1. The molecule has 3 nitrogen and oxygen atoms in total. The first-order chi connectivity index (χ1) is 9.03. The van der Waals surface area contributed by atoms with Gasteiger partial charge < -0.3 is 9.47 Å². The number of esters is 1. The van der Waals surface area contributed by atoms with Crippen LogP contribution in [0.15, 0.2) is 18.2 Å². The van der Waals surface area contributed by atoms with Crippen LogP contribution >= 0.6 is 0 Å². The van der Waals surface area contributed by atoms with Crippen LogP contribution in [-0.4, -0.2) is 18.9 Å². The molecule has 0 aliphatic rings. The van der Waals surface area contributed by atoms with Crippen molar-refractivity contribution in [3.8, 4) is 5.75 Å². The van der Waals surface area contributed by atoms with E-state index < -0.39 is 35.4 Å². The number of halogens is 6. The molecule has 0 radical (unpaired) electrons. The summed E-state index contributed by atoms with van der Waals surface area (Å²) >= 11 is 0. The van der Waals surface area contributed by atoms with Gasteiger partial charge in [-0.25, -0.2) is 4.79 Å². The third-order valence-corrected chi connectivity index (χ3v) is 1.98. The van der Waals surface area contributed by atoms with Gasteiger partial charge in [-0.1, -0.05) is 0 Å². The van der Waals surface area contributed by atoms with Gasteiger partial charge in [0.1, 0.15) is 5.75 Å². The molecule has 0 amide bonds. The Balaban J connectivity index is 3.25. The molecule has 0 aliphatic carbocycles. The average Bonchev–Trinajstić information content (AvgIpc) is 2.25. The van der Waals surface area contributed by atoms with Crippen LogP contribution in [0, 0.1) is 0 Å². The predicted octanol–water partition coefficient (Wildman–Crippen LogP) is 3.78. The Bertz CT molecular complexity index is 492. The Labute approximate surface area is 109 Å². The van der Waals surface area contributed by atoms with Crippen molar-refractivity contribution < 1.29 is 40.6 Å². The van der Waals surface area contributed by atoms with Crippen molar-refractivity contribution in [2.75, 3.05) is 6.61 Å². The zero-order chi connectivity index (χ0) is 15.6. The molecule has 0 saturated heterocycles. The summed E-state index contributed by atoms with van der Waals surface area (Å²) in [5.41, 5.74) is -2.12. The standard InChI is InChI=1S/C11H8F6O3/c1-2-19-9(18)6-3-7(10(12,13)14)5-8(4-6)20-11(15,16)17/h3-5H,2H2,1H3. The molecule has 0 heterocycles. The zero-order valence-corrected chi connectivity index (χ0v) is 9.93. The topological polar surface area (TPSA) is 35.5 Å². The van der Waals surface area contributed by atoms with E-state index >= 15 is 0 Å². The fourth-order valence-corrected chi connectivity index (χ4v) is 1.29. The average molecular weight is 302 g/mol. The minimum Gasteiger partial charge on any atom is -0.462 e. The van der Waals surface area contributed by atoms with Gasteiger partial charge in [0.15, 0.2) is 0 Å². The first-order valence-electron chi connectivity index (χ1n) is 5.18. The lowest BCUT2D eigenvalue weighted by Crippen LogP contribution is -2.18. The van der Waals surface area contributed by atoms with E-state index in [0.717, 1.165) is 0 Å². The van der Waals surface area contributed by atoms with Crippen LogP contribution in [0.2, 0.25) is 0 Å². The highest BCUT2D eigenvalue weighted by molar-refractivity contribution is 5.90. The Morgan fingerprint density at radius 1 is 1.10 bits per heavy atom. The van der Waals surface area contributed by atoms with Crippen molar-refractivity contribution in [3.63, 3.8) is 0 Å². The van der Waals surface area contributed by atoms with Crippen molar-refractivity contribution >= 4 is 5.97 Å². The molecule has 0 bridgehead atoms. The molecule has 1 aromatic rings. The number of hydrogen-bond donors (Lipinski definition) is 0. The molecule has 0 spiro atoms. The minimum absolute atomic E-state index is 0.134. The third-order valence-electron chi connectivity index (χ3n) is 1.98. The highest BCUT2D eigenvalue weighted by atomic mass is 19.4. The fraction of sp³-hybridized carbons (Fsp3) is 0.364. The molecular weight excluding hydrogens is 294 g/mol. The van der Waals surface area contributed by atoms with Crippen LogP contribution in [0.1, 0.15) is 22.8 Å². The van der Waals surface area contributed by atoms with Gasteiger partial charge in [-0.15, -0.1) is 13.2 Å². The van der Waals surface area contributed by atoms with Gasteiger partial charge in [-0.2, -0.15) is 13.2 Å². The first-order valence-corrected chi connectivity index (χ1v) is 5.18. The van der Waals surface area contributed by atoms with Crippen molar-refractivity contribution in [2.24, 2.45) is 0 Å². The molecule has 1 rings (SSSR count). The largest absolute Gasteiger partial charge is 0.573 e. The Morgan fingerprint density at radius 2 is 1.70 bits per heavy atom. The van der Waals surface area contributed by atoms with Crippen LogP contribution < -0.4 is 4.74 Å². The summed E-state index contributed by atoms with van der Waals surface area (Å²) in [6, 6.07) is 1.07. The van der Waals surface area contributed by atoms with Gasteiger partial charge >= 0.3 is 18.5 Å². The van der Waals surface area contributed by atoms with Gasteiger partial charge in [0.2, 0.25) is 0 Å². The monoisotopic (exact) mass is 302 g/mol. The van der Waals surface area contributed by atoms with Gasteiger partial charge in [-0.3, -0.25) is 0 Å². The highest BCUT2D eigenvalue weighted by Crippen LogP contribution is 2.34. The summed E-state index contributed by atoms with van der Waals surface area (Å²) in [4.78, 5) is 11.3. The summed E-state index contributed by atoms with van der Waals surface area (Å²) in [5, 5.41) is 0. The molecule has 1 aromatic carbocycles. The predicted molar refractivity (Wildman–Crippen MR) is 54.1 cm³/mol. The quantitative estimate of drug-likeness (QED) is 0.629. The van der Waals surface area contributed by atoms with Crippen LogP contribution in [0.3, 0.4) is 0 Å². The molecule has 0 aliphatic heterocycles. The van der Waals surface area contributed by atoms with Gasteiger partial charge in [0.25, 0.3) is 0 Å². The summed E-state index contributed by atoms with van der Waals surface area (Å²) in [7, 11) is 0. The van der Waals surface area contributed by atoms with Crippen molar-refractivity contribution in [1.29, 1.82) is 0 Å². The normalized spacial score (nSPS) is 12.2. The molecule has 0 fully saturated rings. The van der Waals surface area contributed by atoms with Gasteiger partial charge in [-0.05, 0) is 25.1 Å². The number of rotatable bonds is 3. The van der Waals surface area contributed by atoms with Crippen molar-refractivity contribution in [1.82, 2.24) is 0 Å². The molecule has 0 N–H and O–H groups in total. The van der Waals surface area contributed by atoms with E-state index in [1.165, 1.54) is 6.92 Å². The summed E-state index contributed by atoms with van der Waals surface area (Å²) in [5.74, 6) is -2.32. The summed E-state index contributed by atoms with van der Waals surface area (Å²) in [6.07, 6.45) is -10.1. The number of benzene rings is 1. The molecular formula is C11H8F6O3. The lowest BCUT2D eigenvalue weighted by atomic mass is 10.1. The van der Waals surface area contributed by atoms with E-state index in [1.807, 2.05) is 0 Å². The van der Waals surface area contributed by atoms with Crippen LogP contribution in [0.25, 0.3) is 0 Å². The minimum atomic E-state index is -5.17. The zero-order valence-electron chi connectivity index (χ0n) is 9.93. The molecule has 0 unspecified atom stereocenters. The summed E-state index contributed by atoms with van der Waals surface area (Å²) < 4.78 is 81.6. The van der Waals surface area contributed by atoms with Crippen molar-refractivity contribution in [3.05, 3.63) is 29.3 Å². The second-order valence-electron chi connectivity index (χ2n) is 3.51. The summed E-state index contributed by atoms with van der Waals surface area (Å²) in [6.45, 7) is 1.27. The SMILES string of the molecule is CCOC(=O)c1cc(OC(F)(F)F)cc(C(F)(F)F)c1. The Hall–Kier alpha value is -1.93. The van der Waals surface area contributed by atoms with E-state index in [0.29, 0.717) is 12.1 Å². The molecule has 9 heteroatoms. The molecule has 0 atom stereocenters. The van der Waals surface area contributed by atoms with Gasteiger partial charge in [0.05, 0.1) is 17.7 Å². The van der Waals surface area contributed by atoms with Crippen molar-refractivity contribution in [2.45, 2.75) is 19.5 Å².